The molecule has 0 unspecified atom stereocenters. The summed E-state index contributed by atoms with van der Waals surface area (Å²) in [4.78, 5) is 30.9. The van der Waals surface area contributed by atoms with Crippen LogP contribution in [-0.2, 0) is 5.54 Å². The van der Waals surface area contributed by atoms with Gasteiger partial charge in [-0.1, -0.05) is 6.07 Å². The van der Waals surface area contributed by atoms with Crippen LogP contribution in [0.15, 0.2) is 24.4 Å². The van der Waals surface area contributed by atoms with Gasteiger partial charge in [-0.05, 0) is 30.5 Å². The van der Waals surface area contributed by atoms with Crippen molar-refractivity contribution < 1.29 is 27.2 Å². The lowest BCUT2D eigenvalue weighted by Gasteiger charge is -2.19. The zero-order valence-electron chi connectivity index (χ0n) is 13.6. The number of halogens is 4. The SMILES string of the molecule is NNC(=O)c1cnc(NC2(c3ccc(F)c(F)c3)CC2)nc1C(=O)C(F)F. The van der Waals surface area contributed by atoms with Crippen LogP contribution in [0, 0.1) is 11.6 Å². The van der Waals surface area contributed by atoms with Gasteiger partial charge in [-0.3, -0.25) is 15.0 Å². The van der Waals surface area contributed by atoms with E-state index in [0.717, 1.165) is 18.3 Å². The fourth-order valence-corrected chi connectivity index (χ4v) is 2.60. The molecule has 2 aromatic rings. The van der Waals surface area contributed by atoms with Crippen LogP contribution in [0.1, 0.15) is 39.3 Å². The second-order valence-electron chi connectivity index (χ2n) is 5.93. The zero-order chi connectivity index (χ0) is 19.8. The molecule has 3 rings (SSSR count). The van der Waals surface area contributed by atoms with E-state index in [2.05, 4.69) is 15.3 Å². The minimum absolute atomic E-state index is 0.213. The van der Waals surface area contributed by atoms with E-state index in [0.29, 0.717) is 18.4 Å². The number of aromatic nitrogens is 2. The van der Waals surface area contributed by atoms with E-state index in [4.69, 9.17) is 5.84 Å². The van der Waals surface area contributed by atoms with Crippen molar-refractivity contribution in [2.24, 2.45) is 5.84 Å². The van der Waals surface area contributed by atoms with Crippen molar-refractivity contribution in [1.82, 2.24) is 15.4 Å². The van der Waals surface area contributed by atoms with Crippen molar-refractivity contribution in [1.29, 1.82) is 0 Å². The van der Waals surface area contributed by atoms with E-state index in [1.165, 1.54) is 6.07 Å². The molecule has 0 aliphatic heterocycles. The first kappa shape index (κ1) is 18.7. The minimum atomic E-state index is -3.39. The number of Topliss-reactive ketones (excluding diaryl/α,β-unsaturated/α-hetero) is 1. The maximum Gasteiger partial charge on any atom is 0.302 e. The summed E-state index contributed by atoms with van der Waals surface area (Å²) in [5, 5.41) is 2.84. The Kier molecular flexibility index (Phi) is 4.79. The first-order valence-electron chi connectivity index (χ1n) is 7.71. The van der Waals surface area contributed by atoms with E-state index in [1.807, 2.05) is 0 Å². The fraction of sp³-hybridized carbons (Fsp3) is 0.250. The Morgan fingerprint density at radius 2 is 1.89 bits per heavy atom. The predicted octanol–water partition coefficient (Wildman–Crippen LogP) is 1.91. The summed E-state index contributed by atoms with van der Waals surface area (Å²) in [6.45, 7) is 0. The summed E-state index contributed by atoms with van der Waals surface area (Å²) >= 11 is 0. The summed E-state index contributed by atoms with van der Waals surface area (Å²) in [5.41, 5.74) is 0.00184. The minimum Gasteiger partial charge on any atom is -0.345 e. The summed E-state index contributed by atoms with van der Waals surface area (Å²) in [6, 6.07) is 3.35. The number of nitrogens with zero attached hydrogens (tertiary/aromatic N) is 2. The molecule has 142 valence electrons. The quantitative estimate of drug-likeness (QED) is 0.231. The summed E-state index contributed by atoms with van der Waals surface area (Å²) in [6.07, 6.45) is -1.47. The molecule has 0 atom stereocenters. The lowest BCUT2D eigenvalue weighted by molar-refractivity contribution is 0.0669. The highest BCUT2D eigenvalue weighted by molar-refractivity contribution is 6.07. The zero-order valence-corrected chi connectivity index (χ0v) is 13.6. The fourth-order valence-electron chi connectivity index (χ4n) is 2.60. The molecule has 11 heteroatoms. The Labute approximate surface area is 150 Å². The van der Waals surface area contributed by atoms with Crippen LogP contribution in [-0.4, -0.2) is 28.1 Å². The number of benzene rings is 1. The van der Waals surface area contributed by atoms with Crippen LogP contribution < -0.4 is 16.6 Å². The van der Waals surface area contributed by atoms with Crippen molar-refractivity contribution in [2.75, 3.05) is 5.32 Å². The largest absolute Gasteiger partial charge is 0.345 e. The standard InChI is InChI=1S/C16H13F4N5O2/c17-9-2-1-7(5-10(9)18)16(3-4-16)24-15-22-6-8(14(27)25-21)11(23-15)12(26)13(19)20/h1-2,5-6,13H,3-4,21H2,(H,25,27)(H,22,23,24). The number of ketones is 1. The molecule has 4 N–H and O–H groups in total. The first-order valence-corrected chi connectivity index (χ1v) is 7.71. The molecule has 1 fully saturated rings. The van der Waals surface area contributed by atoms with Crippen molar-refractivity contribution in [3.8, 4) is 0 Å². The third-order valence-electron chi connectivity index (χ3n) is 4.17. The van der Waals surface area contributed by atoms with Gasteiger partial charge in [-0.2, -0.15) is 0 Å². The Bertz CT molecular complexity index is 918. The molecule has 7 nitrogen and oxygen atoms in total. The Morgan fingerprint density at radius 3 is 2.44 bits per heavy atom. The van der Waals surface area contributed by atoms with Crippen LogP contribution in [0.25, 0.3) is 0 Å². The molecule has 0 spiro atoms. The Balaban J connectivity index is 1.95. The number of amides is 1. The van der Waals surface area contributed by atoms with Gasteiger partial charge >= 0.3 is 6.43 Å². The average molecular weight is 383 g/mol. The Hall–Kier alpha value is -3.08. The smallest absolute Gasteiger partial charge is 0.302 e. The summed E-state index contributed by atoms with van der Waals surface area (Å²) in [5.74, 6) is 0.0320. The molecule has 1 aliphatic rings. The van der Waals surface area contributed by atoms with Crippen LogP contribution in [0.3, 0.4) is 0 Å². The molecule has 0 bridgehead atoms. The van der Waals surface area contributed by atoms with Crippen LogP contribution in [0.4, 0.5) is 23.5 Å². The highest BCUT2D eigenvalue weighted by Crippen LogP contribution is 2.48. The molecule has 1 aromatic heterocycles. The lowest BCUT2D eigenvalue weighted by atomic mass is 10.0. The first-order chi connectivity index (χ1) is 12.8. The van der Waals surface area contributed by atoms with E-state index in [1.54, 1.807) is 5.43 Å². The van der Waals surface area contributed by atoms with Gasteiger partial charge in [0.15, 0.2) is 11.6 Å². The number of alkyl halides is 2. The van der Waals surface area contributed by atoms with Crippen molar-refractivity contribution in [3.63, 3.8) is 0 Å². The lowest BCUT2D eigenvalue weighted by Crippen LogP contribution is -2.33. The van der Waals surface area contributed by atoms with E-state index >= 15 is 0 Å². The van der Waals surface area contributed by atoms with Gasteiger partial charge in [-0.25, -0.2) is 33.4 Å². The number of rotatable bonds is 6. The monoisotopic (exact) mass is 383 g/mol. The predicted molar refractivity (Wildman–Crippen MR) is 84.9 cm³/mol. The van der Waals surface area contributed by atoms with Gasteiger partial charge in [0.1, 0.15) is 5.69 Å². The number of carbonyl (C=O) groups is 2. The normalized spacial score (nSPS) is 14.7. The van der Waals surface area contributed by atoms with Crippen LogP contribution in [0.2, 0.25) is 0 Å². The number of nitrogen functional groups attached to an aromatic ring is 1. The number of hydrogen-bond acceptors (Lipinski definition) is 6. The molecule has 27 heavy (non-hydrogen) atoms. The van der Waals surface area contributed by atoms with Gasteiger partial charge in [0, 0.05) is 6.20 Å². The van der Waals surface area contributed by atoms with Crippen LogP contribution >= 0.6 is 0 Å². The second kappa shape index (κ2) is 6.91. The number of anilines is 1. The topological polar surface area (TPSA) is 110 Å². The molecule has 1 aromatic carbocycles. The second-order valence-corrected chi connectivity index (χ2v) is 5.93. The Morgan fingerprint density at radius 1 is 1.19 bits per heavy atom. The van der Waals surface area contributed by atoms with E-state index in [-0.39, 0.29) is 5.95 Å². The maximum atomic E-state index is 13.5. The average Bonchev–Trinajstić information content (AvgIpc) is 3.43. The third-order valence-corrected chi connectivity index (χ3v) is 4.17. The third kappa shape index (κ3) is 3.58. The number of hydrogen-bond donors (Lipinski definition) is 3. The molecule has 1 amide bonds. The molecule has 0 radical (unpaired) electrons. The van der Waals surface area contributed by atoms with Gasteiger partial charge in [0.2, 0.25) is 11.7 Å². The van der Waals surface area contributed by atoms with Gasteiger partial charge in [-0.15, -0.1) is 0 Å². The molecule has 1 heterocycles. The molecule has 0 saturated heterocycles. The number of nitrogens with one attached hydrogen (secondary N) is 2. The van der Waals surface area contributed by atoms with Crippen molar-refractivity contribution >= 4 is 17.6 Å². The molecule has 1 saturated carbocycles. The van der Waals surface area contributed by atoms with Crippen molar-refractivity contribution in [2.45, 2.75) is 24.8 Å². The molecular formula is C16H13F4N5O2. The van der Waals surface area contributed by atoms with Crippen LogP contribution in [0.5, 0.6) is 0 Å². The number of nitrogens with two attached hydrogens (primary N) is 1. The highest BCUT2D eigenvalue weighted by atomic mass is 19.3. The van der Waals surface area contributed by atoms with Crippen molar-refractivity contribution in [3.05, 3.63) is 52.9 Å². The molecular weight excluding hydrogens is 370 g/mol. The van der Waals surface area contributed by atoms with E-state index < -0.39 is 46.5 Å². The molecule has 1 aliphatic carbocycles. The number of carbonyl (C=O) groups excluding carboxylic acids is 2. The summed E-state index contributed by atoms with van der Waals surface area (Å²) < 4.78 is 52.3. The number of hydrazine groups is 1. The van der Waals surface area contributed by atoms with Gasteiger partial charge in [0.05, 0.1) is 11.1 Å². The van der Waals surface area contributed by atoms with Gasteiger partial charge < -0.3 is 5.32 Å². The highest BCUT2D eigenvalue weighted by Gasteiger charge is 2.45. The summed E-state index contributed by atoms with van der Waals surface area (Å²) in [7, 11) is 0. The van der Waals surface area contributed by atoms with E-state index in [9.17, 15) is 27.2 Å². The van der Waals surface area contributed by atoms with Gasteiger partial charge in [0.25, 0.3) is 5.91 Å². The maximum absolute atomic E-state index is 13.5.